The van der Waals surface area contributed by atoms with Crippen LogP contribution in [0.1, 0.15) is 167 Å². The van der Waals surface area contributed by atoms with E-state index in [4.69, 9.17) is 25.3 Å². The van der Waals surface area contributed by atoms with Crippen molar-refractivity contribution in [1.82, 2.24) is 50.4 Å². The zero-order valence-electron chi connectivity index (χ0n) is 62.0. The standard InChI is InChI=1S/C79H98N14O14S/c1-49(2)67(87-63(94)19-7-6-12-32-92-64(95)26-27-65(92)96)71(101)84-60(17-10-11-31-81-73(80)104)70(100)83-53-22-20-51(21-23-53)41-106-75(105)91(54-29-33-89(34-30-54)40-66(97)98)36-37-107-79-45-76(4)42-77(5,46-79)44-78(43-76,47-79)48-93-50(3)57(38-82-93)55-24-25-62(86-68(55)72(102)103)90-35-28-52-14-13-15-56(58(52)39-90)69(99)88-74-85-59-16-8-9-18-61(59)108-74/h8-9,13-16,18,20-27,38,49,54,60,67H,6-7,10-12,17,19,28-37,39-48H2,1-5H3,(H,83,100)(H,84,101)(H,87,94)(H,97,98)(H,102,103)(H3,80,81,104)(H,85,88,99)/t60-,67-,76?,77?,78?,79?/m0/s1. The number of primary amides is 1. The minimum absolute atomic E-state index is 0.0559. The first-order valence-electron chi connectivity index (χ1n) is 37.5. The van der Waals surface area contributed by atoms with Crippen molar-refractivity contribution in [3.05, 3.63) is 131 Å². The first kappa shape index (κ1) is 77.5. The summed E-state index contributed by atoms with van der Waals surface area (Å²) >= 11 is 1.41. The molecule has 574 valence electrons. The Morgan fingerprint density at radius 3 is 2.22 bits per heavy atom. The molecule has 28 nitrogen and oxygen atoms in total. The summed E-state index contributed by atoms with van der Waals surface area (Å²) in [5, 5.41) is 40.0. The number of ether oxygens (including phenoxy) is 2. The number of nitrogens with one attached hydrogen (secondary N) is 5. The van der Waals surface area contributed by atoms with Crippen LogP contribution in [-0.2, 0) is 64.4 Å². The second-order valence-electron chi connectivity index (χ2n) is 31.4. The molecule has 4 bridgehead atoms. The second kappa shape index (κ2) is 33.2. The van der Waals surface area contributed by atoms with Crippen LogP contribution in [0.5, 0.6) is 0 Å². The number of benzene rings is 3. The Kier molecular flexibility index (Phi) is 23.8. The fourth-order valence-electron chi connectivity index (χ4n) is 18.3. The van der Waals surface area contributed by atoms with E-state index < -0.39 is 53.6 Å². The van der Waals surface area contributed by atoms with Gasteiger partial charge in [0.25, 0.3) is 17.7 Å². The molecule has 4 saturated carbocycles. The zero-order chi connectivity index (χ0) is 76.7. The van der Waals surface area contributed by atoms with E-state index in [9.17, 15) is 58.2 Å². The largest absolute Gasteiger partial charge is 0.480 e. The van der Waals surface area contributed by atoms with Crippen LogP contribution in [-0.4, -0.2) is 180 Å². The van der Waals surface area contributed by atoms with Crippen molar-refractivity contribution in [2.24, 2.45) is 27.9 Å². The molecule has 3 aromatic heterocycles. The number of aromatic carboxylic acids is 1. The van der Waals surface area contributed by atoms with Crippen LogP contribution in [0.3, 0.4) is 0 Å². The third kappa shape index (κ3) is 18.5. The molecule has 29 heteroatoms. The number of hydrogen-bond donors (Lipinski definition) is 8. The fourth-order valence-corrected chi connectivity index (χ4v) is 19.2. The van der Waals surface area contributed by atoms with E-state index >= 15 is 0 Å². The van der Waals surface area contributed by atoms with Crippen molar-refractivity contribution in [3.63, 3.8) is 0 Å². The van der Waals surface area contributed by atoms with E-state index in [-0.39, 0.29) is 110 Å². The van der Waals surface area contributed by atoms with E-state index in [0.717, 1.165) is 70.5 Å². The van der Waals surface area contributed by atoms with Gasteiger partial charge in [-0.05, 0) is 178 Å². The molecule has 13 rings (SSSR count). The molecule has 9 N–H and O–H groups in total. The minimum atomic E-state index is -1.17. The number of amides is 9. The highest BCUT2D eigenvalue weighted by Crippen LogP contribution is 2.72. The molecular formula is C79H98N14O14S. The van der Waals surface area contributed by atoms with Crippen molar-refractivity contribution < 1.29 is 67.6 Å². The number of carboxylic acid groups (broad SMARTS) is 2. The number of nitrogens with two attached hydrogens (primary N) is 1. The van der Waals surface area contributed by atoms with Crippen LogP contribution in [0.4, 0.5) is 26.2 Å². The predicted octanol–water partition coefficient (Wildman–Crippen LogP) is 9.59. The Labute approximate surface area is 631 Å². The van der Waals surface area contributed by atoms with Gasteiger partial charge < -0.3 is 56.5 Å². The zero-order valence-corrected chi connectivity index (χ0v) is 62.8. The number of pyridine rings is 1. The van der Waals surface area contributed by atoms with Crippen molar-refractivity contribution in [3.8, 4) is 11.1 Å². The number of rotatable bonds is 33. The smallest absolute Gasteiger partial charge is 0.410 e. The first-order valence-corrected chi connectivity index (χ1v) is 38.3. The Hall–Kier alpha value is -10.1. The van der Waals surface area contributed by atoms with Gasteiger partial charge in [0.05, 0.1) is 35.2 Å². The number of aromatic nitrogens is 4. The highest BCUT2D eigenvalue weighted by atomic mass is 32.1. The lowest BCUT2D eigenvalue weighted by atomic mass is 9.39. The number of carbonyl (C=O) groups is 10. The van der Waals surface area contributed by atoms with E-state index in [0.29, 0.717) is 123 Å². The van der Waals surface area contributed by atoms with E-state index in [2.05, 4.69) is 45.4 Å². The van der Waals surface area contributed by atoms with Crippen molar-refractivity contribution >= 4 is 97.7 Å². The van der Waals surface area contributed by atoms with Gasteiger partial charge in [-0.25, -0.2) is 24.4 Å². The van der Waals surface area contributed by atoms with Crippen LogP contribution >= 0.6 is 11.3 Å². The Morgan fingerprint density at radius 1 is 0.778 bits per heavy atom. The molecule has 0 radical (unpaired) electrons. The number of thiazole rings is 1. The average molecular weight is 1500 g/mol. The Bertz CT molecular complexity index is 4360. The molecule has 9 amide bonds. The lowest BCUT2D eigenvalue weighted by Gasteiger charge is -2.69. The van der Waals surface area contributed by atoms with Crippen molar-refractivity contribution in [2.45, 2.75) is 181 Å². The maximum atomic E-state index is 14.5. The maximum absolute atomic E-state index is 14.5. The molecule has 4 atom stereocenters. The quantitative estimate of drug-likeness (QED) is 0.0140. The summed E-state index contributed by atoms with van der Waals surface area (Å²) in [7, 11) is 0. The summed E-state index contributed by atoms with van der Waals surface area (Å²) in [6, 6.07) is 20.9. The molecule has 5 fully saturated rings. The molecule has 0 spiro atoms. The van der Waals surface area contributed by atoms with Gasteiger partial charge in [0.15, 0.2) is 10.8 Å². The number of aliphatic carboxylic acids is 1. The van der Waals surface area contributed by atoms with Crippen LogP contribution in [0, 0.1) is 29.1 Å². The summed E-state index contributed by atoms with van der Waals surface area (Å²) < 4.78 is 16.3. The van der Waals surface area contributed by atoms with Crippen molar-refractivity contribution in [1.29, 1.82) is 0 Å². The number of para-hydroxylation sites is 1. The van der Waals surface area contributed by atoms with Crippen LogP contribution in [0.15, 0.2) is 97.2 Å². The number of piperidine rings is 1. The number of imide groups is 1. The first-order chi connectivity index (χ1) is 51.6. The third-order valence-electron chi connectivity index (χ3n) is 22.2. The summed E-state index contributed by atoms with van der Waals surface area (Å²) in [4.78, 5) is 146. The van der Waals surface area contributed by atoms with Gasteiger partial charge in [-0.15, -0.1) is 0 Å². The van der Waals surface area contributed by atoms with E-state index in [1.165, 1.54) is 23.5 Å². The van der Waals surface area contributed by atoms with Gasteiger partial charge in [0, 0.05) is 105 Å². The number of fused-ring (bicyclic) bond motifs is 2. The lowest BCUT2D eigenvalue weighted by molar-refractivity contribution is -0.249. The van der Waals surface area contributed by atoms with Crippen LogP contribution in [0.25, 0.3) is 21.3 Å². The van der Waals surface area contributed by atoms with Crippen molar-refractivity contribution in [2.75, 3.05) is 68.0 Å². The van der Waals surface area contributed by atoms with E-state index in [1.807, 2.05) is 69.9 Å². The third-order valence-corrected chi connectivity index (χ3v) is 23.1. The van der Waals surface area contributed by atoms with Crippen LogP contribution < -0.4 is 37.2 Å². The monoisotopic (exact) mass is 1500 g/mol. The average Bonchev–Trinajstić information content (AvgIpc) is 0.741. The van der Waals surface area contributed by atoms with Gasteiger partial charge in [0.2, 0.25) is 17.7 Å². The van der Waals surface area contributed by atoms with Gasteiger partial charge >= 0.3 is 24.1 Å². The molecule has 6 heterocycles. The number of likely N-dealkylation sites (tertiary alicyclic amines) is 1. The predicted molar refractivity (Wildman–Crippen MR) is 404 cm³/mol. The SMILES string of the molecule is Cc1c(-c2ccc(N3CCc4cccc(C(=O)Nc5nc6ccccc6s5)c4C3)nc2C(=O)O)cnn1CC12CC3(C)CC(C)(C1)CC(OCCN(C(=O)OCc1ccc(NC(=O)[C@H](CCCCNC(N)=O)NC(=O)[C@@H](NC(=O)CCCCCN4C(=O)C=CC4=O)C(C)C)cc1)C1CCN(CC(=O)O)CC1)(C3)C2. The number of anilines is 3. The van der Waals surface area contributed by atoms with Gasteiger partial charge in [0.1, 0.15) is 24.5 Å². The number of urea groups is 1. The number of carbonyl (C=O) groups excluding carboxylic acids is 8. The molecule has 3 aliphatic heterocycles. The summed E-state index contributed by atoms with van der Waals surface area (Å²) in [5.74, 6) is -4.41. The number of carboxylic acids is 2. The molecule has 3 aromatic carbocycles. The molecule has 108 heavy (non-hydrogen) atoms. The number of nitrogens with zero attached hydrogens (tertiary/aromatic N) is 8. The maximum Gasteiger partial charge on any atom is 0.410 e. The molecular weight excluding hydrogens is 1400 g/mol. The summed E-state index contributed by atoms with van der Waals surface area (Å²) in [6.07, 6.45) is 13.4. The number of hydrogen-bond acceptors (Lipinski definition) is 18. The highest BCUT2D eigenvalue weighted by Gasteiger charge is 2.66. The van der Waals surface area contributed by atoms with Gasteiger partial charge in [-0.3, -0.25) is 53.4 Å². The summed E-state index contributed by atoms with van der Waals surface area (Å²) in [6.45, 7) is 13.4. The van der Waals surface area contributed by atoms with Gasteiger partial charge in [-0.2, -0.15) is 5.10 Å². The Balaban J connectivity index is 0.676. The second-order valence-corrected chi connectivity index (χ2v) is 32.4. The van der Waals surface area contributed by atoms with Gasteiger partial charge in [-0.1, -0.05) is 81.9 Å². The number of unbranched alkanes of at least 4 members (excludes halogenated alkanes) is 3. The molecule has 1 saturated heterocycles. The molecule has 6 aromatic rings. The lowest BCUT2D eigenvalue weighted by Crippen LogP contribution is -2.64. The fraction of sp³-hybridized carbons (Fsp3) is 0.506. The Morgan fingerprint density at radius 2 is 1.52 bits per heavy atom. The van der Waals surface area contributed by atoms with Crippen LogP contribution in [0.2, 0.25) is 0 Å². The summed E-state index contributed by atoms with van der Waals surface area (Å²) in [5.41, 5.74) is 10.5. The topological polar surface area (TPSA) is 372 Å². The normalized spacial score (nSPS) is 21.5. The molecule has 4 aliphatic carbocycles. The molecule has 7 aliphatic rings. The highest BCUT2D eigenvalue weighted by molar-refractivity contribution is 7.22. The van der Waals surface area contributed by atoms with E-state index in [1.54, 1.807) is 55.3 Å². The minimum Gasteiger partial charge on any atom is -0.480 e. The molecule has 2 unspecified atom stereocenters.